The molecule has 0 spiro atoms. The van der Waals surface area contributed by atoms with Crippen LogP contribution in [0.3, 0.4) is 0 Å². The molecule has 8 nitrogen and oxygen atoms in total. The second-order valence-electron chi connectivity index (χ2n) is 8.36. The maximum Gasteiger partial charge on any atom is 0.253 e. The zero-order chi connectivity index (χ0) is 24.9. The van der Waals surface area contributed by atoms with Gasteiger partial charge in [-0.25, -0.2) is 9.97 Å². The molecule has 36 heavy (non-hydrogen) atoms. The number of imidazole rings is 1. The van der Waals surface area contributed by atoms with Crippen molar-refractivity contribution in [1.29, 1.82) is 0 Å². The highest BCUT2D eigenvalue weighted by Crippen LogP contribution is 2.18. The third kappa shape index (κ3) is 4.92. The smallest absolute Gasteiger partial charge is 0.253 e. The van der Waals surface area contributed by atoms with Gasteiger partial charge in [-0.1, -0.05) is 42.9 Å². The Balaban J connectivity index is 1.36. The molecule has 5 rings (SSSR count). The van der Waals surface area contributed by atoms with E-state index in [9.17, 15) is 4.79 Å². The molecule has 1 saturated heterocycles. The van der Waals surface area contributed by atoms with Crippen LogP contribution in [0, 0.1) is 11.8 Å². The van der Waals surface area contributed by atoms with Gasteiger partial charge in [0.2, 0.25) is 0 Å². The van der Waals surface area contributed by atoms with Gasteiger partial charge < -0.3 is 20.4 Å². The van der Waals surface area contributed by atoms with E-state index in [-0.39, 0.29) is 5.91 Å². The predicted octanol–water partition coefficient (Wildman–Crippen LogP) is 3.26. The molecule has 1 aliphatic rings. The zero-order valence-electron chi connectivity index (χ0n) is 19.8. The Morgan fingerprint density at radius 2 is 2.11 bits per heavy atom. The van der Waals surface area contributed by atoms with Crippen molar-refractivity contribution in [3.8, 4) is 11.8 Å². The number of carbonyl (C=O) groups is 1. The maximum absolute atomic E-state index is 12.9. The number of nitrogens with two attached hydrogens (primary N) is 1. The molecule has 4 aromatic rings. The minimum atomic E-state index is -0.00893. The third-order valence-corrected chi connectivity index (χ3v) is 5.93. The van der Waals surface area contributed by atoms with Gasteiger partial charge in [-0.15, -0.1) is 0 Å². The van der Waals surface area contributed by atoms with Gasteiger partial charge in [0, 0.05) is 42.0 Å². The predicted molar refractivity (Wildman–Crippen MR) is 140 cm³/mol. The molecule has 0 aromatic carbocycles. The SMILES string of the molecule is C=C/C=C(\C=C/Cc1ccc2ncc(C#Cc3cc(N)nc4[nH]ccc34)n2c1)C(=O)N1CCOCC1. The Morgan fingerprint density at radius 1 is 1.25 bits per heavy atom. The number of pyridine rings is 2. The van der Waals surface area contributed by atoms with Crippen LogP contribution in [0.15, 0.2) is 79.3 Å². The van der Waals surface area contributed by atoms with E-state index in [0.717, 1.165) is 27.9 Å². The van der Waals surface area contributed by atoms with Crippen molar-refractivity contribution in [3.63, 3.8) is 0 Å². The van der Waals surface area contributed by atoms with Crippen LogP contribution in [0.1, 0.15) is 16.8 Å². The fourth-order valence-electron chi connectivity index (χ4n) is 4.13. The van der Waals surface area contributed by atoms with E-state index in [4.69, 9.17) is 10.5 Å². The first-order valence-electron chi connectivity index (χ1n) is 11.7. The molecule has 0 atom stereocenters. The standard InChI is InChI=1S/C28H26N6O2/c1-2-4-21(28(35)33-13-15-36-16-14-33)6-3-5-20-7-10-26-31-18-23(34(26)19-20)9-8-22-17-25(29)32-27-24(22)11-12-30-27/h2-4,6-7,10-12,17-19H,1,5,13-16H2,(H3,29,30,32)/b6-3-,21-4+. The van der Waals surface area contributed by atoms with Crippen molar-refractivity contribution < 1.29 is 9.53 Å². The van der Waals surface area contributed by atoms with Crippen LogP contribution >= 0.6 is 0 Å². The largest absolute Gasteiger partial charge is 0.384 e. The first-order chi connectivity index (χ1) is 17.6. The van der Waals surface area contributed by atoms with Crippen LogP contribution < -0.4 is 5.73 Å². The lowest BCUT2D eigenvalue weighted by Gasteiger charge is -2.27. The molecule has 4 aromatic heterocycles. The monoisotopic (exact) mass is 478 g/mol. The summed E-state index contributed by atoms with van der Waals surface area (Å²) in [5, 5.41) is 0.923. The van der Waals surface area contributed by atoms with Crippen molar-refractivity contribution in [1.82, 2.24) is 24.3 Å². The Morgan fingerprint density at radius 3 is 2.94 bits per heavy atom. The number of fused-ring (bicyclic) bond motifs is 2. The van der Waals surface area contributed by atoms with Gasteiger partial charge in [-0.3, -0.25) is 9.20 Å². The lowest BCUT2D eigenvalue weighted by atomic mass is 10.1. The molecular weight excluding hydrogens is 452 g/mol. The summed E-state index contributed by atoms with van der Waals surface area (Å²) in [5.41, 5.74) is 10.7. The zero-order valence-corrected chi connectivity index (χ0v) is 19.8. The van der Waals surface area contributed by atoms with Crippen LogP contribution in [0.25, 0.3) is 16.7 Å². The highest BCUT2D eigenvalue weighted by Gasteiger charge is 2.18. The number of H-pyrrole nitrogens is 1. The summed E-state index contributed by atoms with van der Waals surface area (Å²) in [7, 11) is 0. The molecule has 3 N–H and O–H groups in total. The molecule has 8 heteroatoms. The highest BCUT2D eigenvalue weighted by molar-refractivity contribution is 5.96. The number of aromatic nitrogens is 4. The van der Waals surface area contributed by atoms with E-state index in [1.807, 2.05) is 52.0 Å². The number of carbonyl (C=O) groups excluding carboxylic acids is 1. The summed E-state index contributed by atoms with van der Waals surface area (Å²) in [6, 6.07) is 7.69. The van der Waals surface area contributed by atoms with E-state index in [2.05, 4.69) is 33.4 Å². The topological polar surface area (TPSA) is 102 Å². The Hall–Kier alpha value is -4.61. The fourth-order valence-corrected chi connectivity index (χ4v) is 4.13. The molecule has 0 bridgehead atoms. The number of hydrogen-bond donors (Lipinski definition) is 2. The molecule has 0 saturated carbocycles. The summed E-state index contributed by atoms with van der Waals surface area (Å²) in [4.78, 5) is 26.5. The number of ether oxygens (including phenoxy) is 1. The van der Waals surface area contributed by atoms with Crippen molar-refractivity contribution in [3.05, 3.63) is 96.1 Å². The molecule has 1 fully saturated rings. The average molecular weight is 479 g/mol. The minimum Gasteiger partial charge on any atom is -0.384 e. The molecule has 5 heterocycles. The van der Waals surface area contributed by atoms with Crippen LogP contribution in [0.2, 0.25) is 0 Å². The number of hydrogen-bond acceptors (Lipinski definition) is 5. The average Bonchev–Trinajstić information content (AvgIpc) is 3.53. The number of aromatic amines is 1. The second kappa shape index (κ2) is 10.3. The number of nitrogens with zero attached hydrogens (tertiary/aromatic N) is 4. The molecule has 180 valence electrons. The van der Waals surface area contributed by atoms with Gasteiger partial charge in [-0.2, -0.15) is 0 Å². The van der Waals surface area contributed by atoms with Crippen LogP contribution in [-0.2, 0) is 16.0 Å². The summed E-state index contributed by atoms with van der Waals surface area (Å²) in [6.45, 7) is 6.09. The van der Waals surface area contributed by atoms with Crippen molar-refractivity contribution in [2.45, 2.75) is 6.42 Å². The normalized spacial score (nSPS) is 14.3. The second-order valence-corrected chi connectivity index (χ2v) is 8.36. The Labute approximate surface area is 208 Å². The number of nitrogens with one attached hydrogen (secondary N) is 1. The van der Waals surface area contributed by atoms with Crippen LogP contribution in [0.4, 0.5) is 5.82 Å². The van der Waals surface area contributed by atoms with E-state index >= 15 is 0 Å². The Kier molecular flexibility index (Phi) is 6.65. The fraction of sp³-hybridized carbons (Fsp3) is 0.179. The molecule has 1 aliphatic heterocycles. The summed E-state index contributed by atoms with van der Waals surface area (Å²) in [6.07, 6.45) is 13.5. The van der Waals surface area contributed by atoms with Crippen molar-refractivity contribution >= 4 is 28.4 Å². The quantitative estimate of drug-likeness (QED) is 0.260. The number of nitrogen functional groups attached to an aromatic ring is 1. The van der Waals surface area contributed by atoms with Gasteiger partial charge in [0.25, 0.3) is 5.91 Å². The Bertz CT molecular complexity index is 1560. The summed E-state index contributed by atoms with van der Waals surface area (Å²) >= 11 is 0. The van der Waals surface area contributed by atoms with E-state index in [0.29, 0.717) is 49.8 Å². The van der Waals surface area contributed by atoms with E-state index in [1.165, 1.54) is 0 Å². The molecule has 0 aliphatic carbocycles. The van der Waals surface area contributed by atoms with Crippen molar-refractivity contribution in [2.24, 2.45) is 0 Å². The maximum atomic E-state index is 12.9. The van der Waals surface area contributed by atoms with E-state index in [1.54, 1.807) is 24.4 Å². The number of morpholine rings is 1. The van der Waals surface area contributed by atoms with Crippen LogP contribution in [-0.4, -0.2) is 56.5 Å². The number of allylic oxidation sites excluding steroid dienone is 3. The summed E-state index contributed by atoms with van der Waals surface area (Å²) in [5.74, 6) is 6.84. The molecule has 0 unspecified atom stereocenters. The molecule has 1 amide bonds. The lowest BCUT2D eigenvalue weighted by molar-refractivity contribution is -0.130. The van der Waals surface area contributed by atoms with Gasteiger partial charge in [0.05, 0.1) is 19.4 Å². The van der Waals surface area contributed by atoms with E-state index < -0.39 is 0 Å². The highest BCUT2D eigenvalue weighted by atomic mass is 16.5. The van der Waals surface area contributed by atoms with Gasteiger partial charge in [-0.05, 0) is 36.1 Å². The third-order valence-electron chi connectivity index (χ3n) is 5.93. The van der Waals surface area contributed by atoms with Gasteiger partial charge in [0.15, 0.2) is 0 Å². The molecule has 0 radical (unpaired) electrons. The number of amides is 1. The first kappa shape index (κ1) is 23.1. The number of anilines is 1. The number of rotatable bonds is 5. The first-order valence-corrected chi connectivity index (χ1v) is 11.7. The molecular formula is C28H26N6O2. The van der Waals surface area contributed by atoms with Gasteiger partial charge in [0.1, 0.15) is 22.8 Å². The van der Waals surface area contributed by atoms with Gasteiger partial charge >= 0.3 is 0 Å². The van der Waals surface area contributed by atoms with Crippen molar-refractivity contribution in [2.75, 3.05) is 32.0 Å². The van der Waals surface area contributed by atoms with Crippen LogP contribution in [0.5, 0.6) is 0 Å². The summed E-state index contributed by atoms with van der Waals surface area (Å²) < 4.78 is 7.32. The minimum absolute atomic E-state index is 0.00893. The lowest BCUT2D eigenvalue weighted by Crippen LogP contribution is -2.41.